The molecule has 0 saturated heterocycles. The fourth-order valence-electron chi connectivity index (χ4n) is 1.71. The second-order valence-electron chi connectivity index (χ2n) is 4.11. The van der Waals surface area contributed by atoms with Gasteiger partial charge in [0.2, 0.25) is 0 Å². The summed E-state index contributed by atoms with van der Waals surface area (Å²) in [6.07, 6.45) is 5.39. The molecular weight excluding hydrogens is 218 g/mol. The third kappa shape index (κ3) is 1.85. The van der Waals surface area contributed by atoms with Crippen molar-refractivity contribution in [1.82, 2.24) is 14.3 Å². The Bertz CT molecular complexity index is 502. The first-order valence-corrected chi connectivity index (χ1v) is 6.43. The summed E-state index contributed by atoms with van der Waals surface area (Å²) in [4.78, 5) is 8.90. The summed E-state index contributed by atoms with van der Waals surface area (Å²) in [6.45, 7) is 2.10. The third-order valence-corrected chi connectivity index (χ3v) is 3.66. The van der Waals surface area contributed by atoms with Crippen LogP contribution in [-0.4, -0.2) is 14.3 Å². The summed E-state index contributed by atoms with van der Waals surface area (Å²) >= 11 is 1.49. The van der Waals surface area contributed by atoms with Crippen LogP contribution in [0.4, 0.5) is 0 Å². The number of aryl methyl sites for hydroxylation is 1. The molecule has 0 amide bonds. The molecule has 0 atom stereocenters. The number of hydrogen-bond acceptors (Lipinski definition) is 4. The van der Waals surface area contributed by atoms with E-state index in [0.717, 1.165) is 22.8 Å². The highest BCUT2D eigenvalue weighted by molar-refractivity contribution is 7.05. The van der Waals surface area contributed by atoms with Gasteiger partial charge in [0.15, 0.2) is 5.82 Å². The van der Waals surface area contributed by atoms with Crippen LogP contribution in [0.15, 0.2) is 18.3 Å². The van der Waals surface area contributed by atoms with Gasteiger partial charge < -0.3 is 0 Å². The van der Waals surface area contributed by atoms with Crippen LogP contribution in [0.1, 0.15) is 36.4 Å². The van der Waals surface area contributed by atoms with Crippen LogP contribution in [0.2, 0.25) is 0 Å². The summed E-state index contributed by atoms with van der Waals surface area (Å²) < 4.78 is 4.38. The molecule has 1 fully saturated rings. The molecule has 1 saturated carbocycles. The molecule has 1 aliphatic rings. The fraction of sp³-hybridized carbons (Fsp3) is 0.417. The van der Waals surface area contributed by atoms with E-state index in [-0.39, 0.29) is 0 Å². The van der Waals surface area contributed by atoms with E-state index < -0.39 is 0 Å². The van der Waals surface area contributed by atoms with E-state index in [1.807, 2.05) is 12.3 Å². The van der Waals surface area contributed by atoms with Crippen LogP contribution < -0.4 is 0 Å². The minimum absolute atomic E-state index is 0.684. The number of pyridine rings is 1. The lowest BCUT2D eigenvalue weighted by Gasteiger charge is -1.99. The minimum atomic E-state index is 0.684. The van der Waals surface area contributed by atoms with Crippen molar-refractivity contribution < 1.29 is 0 Å². The number of rotatable bonds is 3. The van der Waals surface area contributed by atoms with Crippen molar-refractivity contribution in [3.63, 3.8) is 0 Å². The van der Waals surface area contributed by atoms with Crippen LogP contribution in [0.25, 0.3) is 11.4 Å². The van der Waals surface area contributed by atoms with E-state index >= 15 is 0 Å². The second-order valence-corrected chi connectivity index (χ2v) is 4.95. The molecule has 2 aromatic heterocycles. The van der Waals surface area contributed by atoms with Crippen molar-refractivity contribution in [3.8, 4) is 11.4 Å². The number of aromatic nitrogens is 3. The fourth-order valence-corrected chi connectivity index (χ4v) is 2.30. The monoisotopic (exact) mass is 231 g/mol. The first kappa shape index (κ1) is 9.90. The van der Waals surface area contributed by atoms with Gasteiger partial charge in [-0.05, 0) is 42.9 Å². The van der Waals surface area contributed by atoms with Gasteiger partial charge in [-0.25, -0.2) is 4.98 Å². The van der Waals surface area contributed by atoms with E-state index in [4.69, 9.17) is 0 Å². The quantitative estimate of drug-likeness (QED) is 0.815. The molecule has 3 nitrogen and oxygen atoms in total. The van der Waals surface area contributed by atoms with Crippen LogP contribution in [0.3, 0.4) is 0 Å². The lowest BCUT2D eigenvalue weighted by molar-refractivity contribution is 1.02. The predicted molar refractivity (Wildman–Crippen MR) is 64.5 cm³/mol. The maximum atomic E-state index is 4.50. The van der Waals surface area contributed by atoms with Crippen molar-refractivity contribution in [3.05, 3.63) is 29.0 Å². The Hall–Kier alpha value is -1.29. The van der Waals surface area contributed by atoms with Gasteiger partial charge in [-0.3, -0.25) is 4.98 Å². The number of nitrogens with zero attached hydrogens (tertiary/aromatic N) is 3. The molecule has 4 heteroatoms. The minimum Gasteiger partial charge on any atom is -0.261 e. The van der Waals surface area contributed by atoms with E-state index in [0.29, 0.717) is 5.92 Å². The maximum Gasteiger partial charge on any atom is 0.173 e. The SMILES string of the molecule is CCc1nc(-c2ccnc(C3CC3)c2)ns1. The lowest BCUT2D eigenvalue weighted by Crippen LogP contribution is -1.88. The van der Waals surface area contributed by atoms with Crippen molar-refractivity contribution >= 4 is 11.5 Å². The Morgan fingerprint density at radius 1 is 1.44 bits per heavy atom. The van der Waals surface area contributed by atoms with Gasteiger partial charge in [-0.15, -0.1) is 0 Å². The Balaban J connectivity index is 1.95. The van der Waals surface area contributed by atoms with Gasteiger partial charge >= 0.3 is 0 Å². The van der Waals surface area contributed by atoms with Crippen molar-refractivity contribution in [1.29, 1.82) is 0 Å². The molecule has 1 aliphatic carbocycles. The highest BCUT2D eigenvalue weighted by Gasteiger charge is 2.25. The van der Waals surface area contributed by atoms with Gasteiger partial charge in [0.05, 0.1) is 0 Å². The first-order chi connectivity index (χ1) is 7.86. The predicted octanol–water partition coefficient (Wildman–Crippen LogP) is 3.04. The van der Waals surface area contributed by atoms with Gasteiger partial charge in [0, 0.05) is 23.4 Å². The normalized spacial score (nSPS) is 15.3. The molecule has 0 aromatic carbocycles. The summed E-state index contributed by atoms with van der Waals surface area (Å²) in [6, 6.07) is 4.13. The molecule has 0 radical (unpaired) electrons. The summed E-state index contributed by atoms with van der Waals surface area (Å²) in [5.41, 5.74) is 2.30. The molecule has 0 aliphatic heterocycles. The smallest absolute Gasteiger partial charge is 0.173 e. The van der Waals surface area contributed by atoms with Crippen LogP contribution in [-0.2, 0) is 6.42 Å². The van der Waals surface area contributed by atoms with Crippen LogP contribution in [0.5, 0.6) is 0 Å². The van der Waals surface area contributed by atoms with Gasteiger partial charge in [-0.1, -0.05) is 6.92 Å². The van der Waals surface area contributed by atoms with Gasteiger partial charge in [0.25, 0.3) is 0 Å². The second kappa shape index (κ2) is 3.94. The molecule has 0 unspecified atom stereocenters. The van der Waals surface area contributed by atoms with Crippen LogP contribution in [0, 0.1) is 0 Å². The van der Waals surface area contributed by atoms with Crippen molar-refractivity contribution in [2.24, 2.45) is 0 Å². The molecule has 0 spiro atoms. The molecular formula is C12H13N3S. The summed E-state index contributed by atoms with van der Waals surface area (Å²) in [5, 5.41) is 1.10. The average molecular weight is 231 g/mol. The van der Waals surface area contributed by atoms with Crippen LogP contribution >= 0.6 is 11.5 Å². The highest BCUT2D eigenvalue weighted by atomic mass is 32.1. The Morgan fingerprint density at radius 2 is 2.31 bits per heavy atom. The molecule has 0 bridgehead atoms. The van der Waals surface area contributed by atoms with Crippen molar-refractivity contribution in [2.45, 2.75) is 32.1 Å². The molecule has 0 N–H and O–H groups in total. The van der Waals surface area contributed by atoms with E-state index in [1.165, 1.54) is 30.1 Å². The first-order valence-electron chi connectivity index (χ1n) is 5.65. The molecule has 82 valence electrons. The van der Waals surface area contributed by atoms with Gasteiger partial charge in [-0.2, -0.15) is 4.37 Å². The van der Waals surface area contributed by atoms with Crippen molar-refractivity contribution in [2.75, 3.05) is 0 Å². The summed E-state index contributed by atoms with van der Waals surface area (Å²) in [5.74, 6) is 1.54. The third-order valence-electron chi connectivity index (χ3n) is 2.81. The number of hydrogen-bond donors (Lipinski definition) is 0. The van der Waals surface area contributed by atoms with E-state index in [2.05, 4.69) is 27.3 Å². The van der Waals surface area contributed by atoms with E-state index in [9.17, 15) is 0 Å². The zero-order valence-electron chi connectivity index (χ0n) is 9.18. The zero-order chi connectivity index (χ0) is 11.0. The maximum absolute atomic E-state index is 4.50. The zero-order valence-corrected chi connectivity index (χ0v) is 10.00. The highest BCUT2D eigenvalue weighted by Crippen LogP contribution is 2.39. The Morgan fingerprint density at radius 3 is 3.00 bits per heavy atom. The largest absolute Gasteiger partial charge is 0.261 e. The molecule has 2 heterocycles. The Labute approximate surface area is 98.7 Å². The van der Waals surface area contributed by atoms with Gasteiger partial charge in [0.1, 0.15) is 5.01 Å². The lowest BCUT2D eigenvalue weighted by atomic mass is 10.2. The molecule has 2 aromatic rings. The summed E-state index contributed by atoms with van der Waals surface area (Å²) in [7, 11) is 0. The molecule has 16 heavy (non-hydrogen) atoms. The topological polar surface area (TPSA) is 38.7 Å². The average Bonchev–Trinajstić information content (AvgIpc) is 3.07. The molecule has 3 rings (SSSR count). The van der Waals surface area contributed by atoms with E-state index in [1.54, 1.807) is 0 Å². The standard InChI is InChI=1S/C12H13N3S/c1-2-11-14-12(15-16-11)9-5-6-13-10(7-9)8-3-4-8/h5-8H,2-4H2,1H3. The Kier molecular flexibility index (Phi) is 2.44.